The van der Waals surface area contributed by atoms with E-state index in [-0.39, 0.29) is 0 Å². The summed E-state index contributed by atoms with van der Waals surface area (Å²) in [5, 5.41) is 0. The van der Waals surface area contributed by atoms with Gasteiger partial charge in [-0.2, -0.15) is 0 Å². The Bertz CT molecular complexity index is 272. The maximum atomic E-state index is 4.15. The molecule has 12 heavy (non-hydrogen) atoms. The Morgan fingerprint density at radius 2 is 2.33 bits per heavy atom. The molecule has 0 amide bonds. The van der Waals surface area contributed by atoms with Gasteiger partial charge in [0.25, 0.3) is 0 Å². The van der Waals surface area contributed by atoms with Crippen molar-refractivity contribution < 1.29 is 0 Å². The third-order valence-electron chi connectivity index (χ3n) is 2.05. The normalized spacial score (nSPS) is 21.3. The first kappa shape index (κ1) is 7.35. The van der Waals surface area contributed by atoms with E-state index in [0.717, 1.165) is 19.5 Å². The van der Waals surface area contributed by atoms with Crippen molar-refractivity contribution in [3.05, 3.63) is 36.2 Å². The maximum Gasteiger partial charge on any atom is 0.0444 e. The number of dihydropyridines is 1. The summed E-state index contributed by atoms with van der Waals surface area (Å²) in [5.41, 5.74) is 1.37. The van der Waals surface area contributed by atoms with E-state index in [0.29, 0.717) is 0 Å². The van der Waals surface area contributed by atoms with Crippen LogP contribution in [0.3, 0.4) is 0 Å². The van der Waals surface area contributed by atoms with E-state index in [1.165, 1.54) is 5.70 Å². The van der Waals surface area contributed by atoms with Gasteiger partial charge in [0.1, 0.15) is 0 Å². The molecule has 0 aromatic rings. The second-order valence-corrected chi connectivity index (χ2v) is 2.89. The van der Waals surface area contributed by atoms with E-state index >= 15 is 0 Å². The summed E-state index contributed by atoms with van der Waals surface area (Å²) in [6.45, 7) is 1.93. The Kier molecular flexibility index (Phi) is 2.08. The van der Waals surface area contributed by atoms with Crippen LogP contribution in [-0.2, 0) is 0 Å². The molecule has 0 aromatic heterocycles. The minimum Gasteiger partial charge on any atom is -0.348 e. The molecule has 0 radical (unpaired) electrons. The highest BCUT2D eigenvalue weighted by atomic mass is 15.1. The van der Waals surface area contributed by atoms with E-state index < -0.39 is 0 Å². The van der Waals surface area contributed by atoms with Gasteiger partial charge in [-0.3, -0.25) is 4.99 Å². The molecular weight excluding hydrogens is 148 g/mol. The van der Waals surface area contributed by atoms with Crippen molar-refractivity contribution in [3.63, 3.8) is 0 Å². The summed E-state index contributed by atoms with van der Waals surface area (Å²) in [7, 11) is 0. The van der Waals surface area contributed by atoms with Crippen molar-refractivity contribution >= 4 is 6.21 Å². The van der Waals surface area contributed by atoms with Crippen LogP contribution in [0.25, 0.3) is 0 Å². The number of nitrogens with zero attached hydrogens (tertiary/aromatic N) is 2. The third kappa shape index (κ3) is 1.47. The number of rotatable bonds is 1. The Labute approximate surface area is 72.6 Å². The molecule has 0 aromatic carbocycles. The summed E-state index contributed by atoms with van der Waals surface area (Å²) in [6.07, 6.45) is 13.5. The van der Waals surface area contributed by atoms with Gasteiger partial charge in [-0.05, 0) is 12.2 Å². The average Bonchev–Trinajstić information content (AvgIpc) is 2.21. The van der Waals surface area contributed by atoms with E-state index in [4.69, 9.17) is 0 Å². The summed E-state index contributed by atoms with van der Waals surface area (Å²) < 4.78 is 0. The van der Waals surface area contributed by atoms with Gasteiger partial charge in [0.2, 0.25) is 0 Å². The van der Waals surface area contributed by atoms with Gasteiger partial charge in [-0.25, -0.2) is 0 Å². The monoisotopic (exact) mass is 160 g/mol. The minimum atomic E-state index is 0.930. The Morgan fingerprint density at radius 1 is 1.33 bits per heavy atom. The zero-order chi connectivity index (χ0) is 8.23. The molecule has 0 saturated carbocycles. The third-order valence-corrected chi connectivity index (χ3v) is 2.05. The lowest BCUT2D eigenvalue weighted by atomic mass is 10.2. The highest BCUT2D eigenvalue weighted by molar-refractivity contribution is 5.73. The second kappa shape index (κ2) is 3.39. The van der Waals surface area contributed by atoms with Crippen LogP contribution in [-0.4, -0.2) is 24.2 Å². The number of hydrogen-bond donors (Lipinski definition) is 0. The van der Waals surface area contributed by atoms with Crippen LogP contribution in [0.4, 0.5) is 0 Å². The fourth-order valence-electron chi connectivity index (χ4n) is 1.40. The summed E-state index contributed by atoms with van der Waals surface area (Å²) in [5.74, 6) is 0. The molecule has 0 N–H and O–H groups in total. The fourth-order valence-corrected chi connectivity index (χ4v) is 1.40. The Hall–Kier alpha value is -1.31. The van der Waals surface area contributed by atoms with Gasteiger partial charge in [0.05, 0.1) is 0 Å². The maximum absolute atomic E-state index is 4.15. The molecule has 0 aliphatic carbocycles. The molecule has 0 bridgehead atoms. The molecule has 0 unspecified atom stereocenters. The molecule has 2 rings (SSSR count). The van der Waals surface area contributed by atoms with Crippen molar-refractivity contribution in [2.45, 2.75) is 6.42 Å². The smallest absolute Gasteiger partial charge is 0.0444 e. The predicted molar refractivity (Wildman–Crippen MR) is 51.0 cm³/mol. The van der Waals surface area contributed by atoms with Gasteiger partial charge in [-0.1, -0.05) is 12.2 Å². The topological polar surface area (TPSA) is 15.6 Å². The Balaban J connectivity index is 2.09. The molecule has 2 aliphatic heterocycles. The molecule has 62 valence electrons. The van der Waals surface area contributed by atoms with Crippen molar-refractivity contribution in [1.82, 2.24) is 4.90 Å². The van der Waals surface area contributed by atoms with E-state index in [9.17, 15) is 0 Å². The van der Waals surface area contributed by atoms with Crippen LogP contribution in [0.15, 0.2) is 41.2 Å². The predicted octanol–water partition coefficient (Wildman–Crippen LogP) is 1.73. The zero-order valence-electron chi connectivity index (χ0n) is 6.98. The second-order valence-electron chi connectivity index (χ2n) is 2.89. The van der Waals surface area contributed by atoms with Crippen LogP contribution in [0, 0.1) is 0 Å². The Morgan fingerprint density at radius 3 is 3.00 bits per heavy atom. The molecule has 0 saturated heterocycles. The number of hydrogen-bond acceptors (Lipinski definition) is 2. The standard InChI is InChI=1S/C10H12N2/c1-2-8-12(9-3-1)10-4-6-11-7-5-10/h1-4,6,8H,5,7,9H2. The highest BCUT2D eigenvalue weighted by Gasteiger charge is 2.07. The highest BCUT2D eigenvalue weighted by Crippen LogP contribution is 2.13. The number of aliphatic imine (C=N–C) groups is 1. The average molecular weight is 160 g/mol. The largest absolute Gasteiger partial charge is 0.348 e. The van der Waals surface area contributed by atoms with Gasteiger partial charge >= 0.3 is 0 Å². The van der Waals surface area contributed by atoms with Crippen LogP contribution in [0.5, 0.6) is 0 Å². The first-order chi connectivity index (χ1) is 5.97. The molecule has 0 atom stereocenters. The lowest BCUT2D eigenvalue weighted by molar-refractivity contribution is 0.488. The van der Waals surface area contributed by atoms with Crippen LogP contribution >= 0.6 is 0 Å². The van der Waals surface area contributed by atoms with Crippen molar-refractivity contribution in [2.75, 3.05) is 13.1 Å². The van der Waals surface area contributed by atoms with Gasteiger partial charge in [-0.15, -0.1) is 0 Å². The molecule has 2 heterocycles. The minimum absolute atomic E-state index is 0.930. The lowest BCUT2D eigenvalue weighted by Crippen LogP contribution is -2.20. The van der Waals surface area contributed by atoms with Gasteiger partial charge < -0.3 is 4.90 Å². The molecule has 2 aliphatic rings. The van der Waals surface area contributed by atoms with Gasteiger partial charge in [0.15, 0.2) is 0 Å². The van der Waals surface area contributed by atoms with E-state index in [2.05, 4.69) is 40.4 Å². The molecule has 0 fully saturated rings. The van der Waals surface area contributed by atoms with Crippen molar-refractivity contribution in [1.29, 1.82) is 0 Å². The SMILES string of the molecule is C1=CCN(C2=CC=NCC2)C=C1. The molecule has 2 nitrogen and oxygen atoms in total. The summed E-state index contributed by atoms with van der Waals surface area (Å²) >= 11 is 0. The quantitative estimate of drug-likeness (QED) is 0.570. The van der Waals surface area contributed by atoms with E-state index in [1.54, 1.807) is 0 Å². The number of allylic oxidation sites excluding steroid dienone is 3. The molecule has 0 spiro atoms. The first-order valence-corrected chi connectivity index (χ1v) is 4.26. The van der Waals surface area contributed by atoms with Crippen LogP contribution in [0.2, 0.25) is 0 Å². The molecule has 2 heteroatoms. The van der Waals surface area contributed by atoms with Crippen LogP contribution < -0.4 is 0 Å². The fraction of sp³-hybridized carbons (Fsp3) is 0.300. The van der Waals surface area contributed by atoms with Crippen molar-refractivity contribution in [2.24, 2.45) is 4.99 Å². The van der Waals surface area contributed by atoms with Gasteiger partial charge in [0, 0.05) is 37.6 Å². The lowest BCUT2D eigenvalue weighted by Gasteiger charge is -2.24. The molecular formula is C10H12N2. The zero-order valence-corrected chi connectivity index (χ0v) is 6.98. The summed E-state index contributed by atoms with van der Waals surface area (Å²) in [4.78, 5) is 6.41. The van der Waals surface area contributed by atoms with Crippen molar-refractivity contribution in [3.8, 4) is 0 Å². The van der Waals surface area contributed by atoms with E-state index in [1.807, 2.05) is 6.21 Å². The summed E-state index contributed by atoms with van der Waals surface area (Å²) in [6, 6.07) is 0. The first-order valence-electron chi connectivity index (χ1n) is 4.26. The van der Waals surface area contributed by atoms with Crippen LogP contribution in [0.1, 0.15) is 6.42 Å².